The number of nitrogens with two attached hydrogens (primary N) is 1. The molecule has 2 aliphatic heterocycles. The average molecular weight is 227 g/mol. The van der Waals surface area contributed by atoms with Gasteiger partial charge in [-0.25, -0.2) is 0 Å². The molecule has 2 N–H and O–H groups in total. The first-order chi connectivity index (χ1) is 7.80. The third-order valence-corrected chi connectivity index (χ3v) is 4.30. The van der Waals surface area contributed by atoms with E-state index in [9.17, 15) is 0 Å². The Bertz CT molecular complexity index is 208. The van der Waals surface area contributed by atoms with E-state index in [-0.39, 0.29) is 5.54 Å². The molecule has 4 heteroatoms. The van der Waals surface area contributed by atoms with Crippen molar-refractivity contribution in [2.24, 2.45) is 5.73 Å². The molecule has 0 aromatic rings. The van der Waals surface area contributed by atoms with Gasteiger partial charge in [0, 0.05) is 25.2 Å². The van der Waals surface area contributed by atoms with E-state index in [4.69, 9.17) is 10.5 Å². The van der Waals surface area contributed by atoms with E-state index in [1.54, 1.807) is 0 Å². The summed E-state index contributed by atoms with van der Waals surface area (Å²) in [4.78, 5) is 5.10. The van der Waals surface area contributed by atoms with Gasteiger partial charge in [0.05, 0.1) is 13.2 Å². The zero-order valence-corrected chi connectivity index (χ0v) is 10.5. The summed E-state index contributed by atoms with van der Waals surface area (Å²) in [5.74, 6) is 0. The van der Waals surface area contributed by atoms with Gasteiger partial charge < -0.3 is 15.4 Å². The van der Waals surface area contributed by atoms with Crippen LogP contribution in [-0.4, -0.2) is 67.8 Å². The molecule has 0 bridgehead atoms. The molecular formula is C12H25N3O. The number of piperidine rings is 1. The largest absolute Gasteiger partial charge is 0.379 e. The topological polar surface area (TPSA) is 41.7 Å². The maximum atomic E-state index is 6.05. The van der Waals surface area contributed by atoms with Crippen molar-refractivity contribution < 1.29 is 4.74 Å². The Balaban J connectivity index is 1.96. The molecule has 0 atom stereocenters. The summed E-state index contributed by atoms with van der Waals surface area (Å²) in [6, 6.07) is 0. The van der Waals surface area contributed by atoms with Crippen LogP contribution in [0.15, 0.2) is 0 Å². The molecule has 94 valence electrons. The van der Waals surface area contributed by atoms with Crippen LogP contribution in [0.4, 0.5) is 0 Å². The normalized spacial score (nSPS) is 28.1. The van der Waals surface area contributed by atoms with Gasteiger partial charge in [-0.1, -0.05) is 6.92 Å². The van der Waals surface area contributed by atoms with E-state index in [0.29, 0.717) is 0 Å². The summed E-state index contributed by atoms with van der Waals surface area (Å²) in [5, 5.41) is 0. The van der Waals surface area contributed by atoms with Crippen molar-refractivity contribution in [2.75, 3.05) is 52.5 Å². The minimum absolute atomic E-state index is 0.259. The number of likely N-dealkylation sites (tertiary alicyclic amines) is 1. The molecule has 0 aromatic carbocycles. The Labute approximate surface area is 98.7 Å². The summed E-state index contributed by atoms with van der Waals surface area (Å²) in [6.45, 7) is 10.5. The fraction of sp³-hybridized carbons (Fsp3) is 1.00. The van der Waals surface area contributed by atoms with E-state index >= 15 is 0 Å². The summed E-state index contributed by atoms with van der Waals surface area (Å²) in [7, 11) is 0. The standard InChI is InChI=1S/C12H25N3O/c1-2-14-5-3-12(11-13,4-6-14)15-7-9-16-10-8-15/h2-11,13H2,1H3. The van der Waals surface area contributed by atoms with Crippen LogP contribution in [-0.2, 0) is 4.74 Å². The van der Waals surface area contributed by atoms with Gasteiger partial charge in [-0.05, 0) is 32.5 Å². The zero-order valence-electron chi connectivity index (χ0n) is 10.5. The second-order valence-corrected chi connectivity index (χ2v) is 4.96. The number of rotatable bonds is 3. The van der Waals surface area contributed by atoms with Gasteiger partial charge in [0.15, 0.2) is 0 Å². The number of hydrogen-bond acceptors (Lipinski definition) is 4. The van der Waals surface area contributed by atoms with E-state index in [1.807, 2.05) is 0 Å². The maximum absolute atomic E-state index is 6.05. The second-order valence-electron chi connectivity index (χ2n) is 4.96. The van der Waals surface area contributed by atoms with Gasteiger partial charge >= 0.3 is 0 Å². The summed E-state index contributed by atoms with van der Waals surface area (Å²) in [5.41, 5.74) is 6.31. The summed E-state index contributed by atoms with van der Waals surface area (Å²) in [6.07, 6.45) is 2.44. The van der Waals surface area contributed by atoms with Crippen molar-refractivity contribution in [3.8, 4) is 0 Å². The van der Waals surface area contributed by atoms with E-state index in [1.165, 1.54) is 32.5 Å². The number of nitrogens with zero attached hydrogens (tertiary/aromatic N) is 2. The zero-order chi connectivity index (χ0) is 11.4. The Kier molecular flexibility index (Phi) is 4.19. The fourth-order valence-corrected chi connectivity index (χ4v) is 2.97. The van der Waals surface area contributed by atoms with Crippen molar-refractivity contribution >= 4 is 0 Å². The minimum atomic E-state index is 0.259. The first-order valence-corrected chi connectivity index (χ1v) is 6.56. The minimum Gasteiger partial charge on any atom is -0.379 e. The molecule has 2 rings (SSSR count). The van der Waals surface area contributed by atoms with Gasteiger partial charge in [0.2, 0.25) is 0 Å². The molecule has 0 radical (unpaired) electrons. The Hall–Kier alpha value is -0.160. The smallest absolute Gasteiger partial charge is 0.0594 e. The molecule has 0 unspecified atom stereocenters. The third kappa shape index (κ3) is 2.40. The predicted molar refractivity (Wildman–Crippen MR) is 65.5 cm³/mol. The van der Waals surface area contributed by atoms with Gasteiger partial charge in [0.25, 0.3) is 0 Å². The number of ether oxygens (including phenoxy) is 1. The van der Waals surface area contributed by atoms with Crippen LogP contribution in [0, 0.1) is 0 Å². The van der Waals surface area contributed by atoms with Crippen molar-refractivity contribution in [1.82, 2.24) is 9.80 Å². The fourth-order valence-electron chi connectivity index (χ4n) is 2.97. The van der Waals surface area contributed by atoms with E-state index < -0.39 is 0 Å². The molecule has 0 spiro atoms. The highest BCUT2D eigenvalue weighted by molar-refractivity contribution is 4.96. The molecule has 2 heterocycles. The van der Waals surface area contributed by atoms with Crippen LogP contribution in [0.5, 0.6) is 0 Å². The lowest BCUT2D eigenvalue weighted by molar-refractivity contribution is -0.0432. The first kappa shape index (κ1) is 12.3. The SMILES string of the molecule is CCN1CCC(CN)(N2CCOCC2)CC1. The molecule has 2 aliphatic rings. The molecule has 2 saturated heterocycles. The van der Waals surface area contributed by atoms with Crippen LogP contribution in [0.2, 0.25) is 0 Å². The molecule has 0 aliphatic carbocycles. The average Bonchev–Trinajstić information content (AvgIpc) is 2.40. The summed E-state index contributed by atoms with van der Waals surface area (Å²) < 4.78 is 5.43. The molecule has 0 amide bonds. The van der Waals surface area contributed by atoms with Crippen LogP contribution in [0.3, 0.4) is 0 Å². The van der Waals surface area contributed by atoms with Crippen molar-refractivity contribution in [3.05, 3.63) is 0 Å². The van der Waals surface area contributed by atoms with Crippen molar-refractivity contribution in [2.45, 2.75) is 25.3 Å². The summed E-state index contributed by atoms with van der Waals surface area (Å²) >= 11 is 0. The molecular weight excluding hydrogens is 202 g/mol. The monoisotopic (exact) mass is 227 g/mol. The van der Waals surface area contributed by atoms with Crippen LogP contribution in [0.25, 0.3) is 0 Å². The Morgan fingerprint density at radius 2 is 1.75 bits per heavy atom. The second kappa shape index (κ2) is 5.45. The highest BCUT2D eigenvalue weighted by Crippen LogP contribution is 2.28. The van der Waals surface area contributed by atoms with Crippen LogP contribution in [0.1, 0.15) is 19.8 Å². The van der Waals surface area contributed by atoms with Gasteiger partial charge in [-0.2, -0.15) is 0 Å². The molecule has 4 nitrogen and oxygen atoms in total. The molecule has 2 fully saturated rings. The highest BCUT2D eigenvalue weighted by atomic mass is 16.5. The number of morpholine rings is 1. The molecule has 0 aromatic heterocycles. The van der Waals surface area contributed by atoms with Crippen molar-refractivity contribution in [1.29, 1.82) is 0 Å². The van der Waals surface area contributed by atoms with Gasteiger partial charge in [-0.3, -0.25) is 4.90 Å². The Morgan fingerprint density at radius 3 is 2.25 bits per heavy atom. The predicted octanol–water partition coefficient (Wildman–Crippen LogP) is 0.132. The maximum Gasteiger partial charge on any atom is 0.0594 e. The van der Waals surface area contributed by atoms with E-state index in [2.05, 4.69) is 16.7 Å². The lowest BCUT2D eigenvalue weighted by atomic mass is 9.85. The molecule has 16 heavy (non-hydrogen) atoms. The lowest BCUT2D eigenvalue weighted by Crippen LogP contribution is -2.61. The molecule has 0 saturated carbocycles. The highest BCUT2D eigenvalue weighted by Gasteiger charge is 2.38. The van der Waals surface area contributed by atoms with Gasteiger partial charge in [0.1, 0.15) is 0 Å². The number of hydrogen-bond donors (Lipinski definition) is 1. The first-order valence-electron chi connectivity index (χ1n) is 6.56. The van der Waals surface area contributed by atoms with Crippen LogP contribution < -0.4 is 5.73 Å². The van der Waals surface area contributed by atoms with E-state index in [0.717, 1.165) is 32.8 Å². The van der Waals surface area contributed by atoms with Crippen molar-refractivity contribution in [3.63, 3.8) is 0 Å². The quantitative estimate of drug-likeness (QED) is 0.744. The lowest BCUT2D eigenvalue weighted by Gasteiger charge is -2.49. The Morgan fingerprint density at radius 1 is 1.12 bits per heavy atom. The van der Waals surface area contributed by atoms with Gasteiger partial charge in [-0.15, -0.1) is 0 Å². The third-order valence-electron chi connectivity index (χ3n) is 4.30. The van der Waals surface area contributed by atoms with Crippen LogP contribution >= 0.6 is 0 Å².